The molecule has 8 heteroatoms. The second-order valence-corrected chi connectivity index (χ2v) is 8.89. The van der Waals surface area contributed by atoms with Crippen LogP contribution < -0.4 is 9.47 Å². The molecule has 3 aromatic rings. The lowest BCUT2D eigenvalue weighted by Crippen LogP contribution is -2.31. The van der Waals surface area contributed by atoms with Crippen molar-refractivity contribution < 1.29 is 14.3 Å². The van der Waals surface area contributed by atoms with E-state index < -0.39 is 0 Å². The van der Waals surface area contributed by atoms with Gasteiger partial charge in [-0.1, -0.05) is 36.0 Å². The molecule has 1 aromatic heterocycles. The van der Waals surface area contributed by atoms with Crippen LogP contribution in [0.5, 0.6) is 11.5 Å². The molecule has 0 saturated heterocycles. The Labute approximate surface area is 191 Å². The molecule has 1 aliphatic heterocycles. The summed E-state index contributed by atoms with van der Waals surface area (Å²) < 4.78 is 13.2. The van der Waals surface area contributed by atoms with Gasteiger partial charge in [0.25, 0.3) is 0 Å². The van der Waals surface area contributed by atoms with Gasteiger partial charge in [0.15, 0.2) is 11.5 Å². The maximum atomic E-state index is 12.9. The van der Waals surface area contributed by atoms with Crippen LogP contribution in [0.4, 0.5) is 0 Å². The minimum atomic E-state index is 0.0661. The Morgan fingerprint density at radius 2 is 1.91 bits per heavy atom. The van der Waals surface area contributed by atoms with E-state index in [-0.39, 0.29) is 5.91 Å². The smallest absolute Gasteiger partial charge is 0.233 e. The molecule has 2 aromatic carbocycles. The van der Waals surface area contributed by atoms with Gasteiger partial charge in [0.1, 0.15) is 19.0 Å². The SMILES string of the molecule is CCN(Cc1ccc2c(c1)OCCO2)C(=O)CSc1nc(C2CC2)n(-c2ccccc2)n1. The fourth-order valence-corrected chi connectivity index (χ4v) is 4.46. The Hall–Kier alpha value is -3.00. The van der Waals surface area contributed by atoms with Crippen LogP contribution in [0.25, 0.3) is 5.69 Å². The van der Waals surface area contributed by atoms with E-state index in [1.165, 1.54) is 11.8 Å². The van der Waals surface area contributed by atoms with Crippen molar-refractivity contribution in [2.45, 2.75) is 37.4 Å². The second-order valence-electron chi connectivity index (χ2n) is 7.95. The number of amides is 1. The summed E-state index contributed by atoms with van der Waals surface area (Å²) in [6.07, 6.45) is 2.29. The van der Waals surface area contributed by atoms with E-state index in [0.717, 1.165) is 41.4 Å². The van der Waals surface area contributed by atoms with E-state index in [1.54, 1.807) is 0 Å². The number of thioether (sulfide) groups is 1. The van der Waals surface area contributed by atoms with E-state index in [0.29, 0.717) is 43.1 Å². The number of hydrogen-bond donors (Lipinski definition) is 0. The molecule has 1 amide bonds. The summed E-state index contributed by atoms with van der Waals surface area (Å²) in [6, 6.07) is 15.9. The number of nitrogens with zero attached hydrogens (tertiary/aromatic N) is 4. The topological polar surface area (TPSA) is 69.5 Å². The molecule has 1 fully saturated rings. The van der Waals surface area contributed by atoms with Crippen molar-refractivity contribution in [1.29, 1.82) is 0 Å². The maximum absolute atomic E-state index is 12.9. The van der Waals surface area contributed by atoms with Gasteiger partial charge in [0.05, 0.1) is 11.4 Å². The van der Waals surface area contributed by atoms with Gasteiger partial charge in [-0.15, -0.1) is 5.10 Å². The van der Waals surface area contributed by atoms with Crippen molar-refractivity contribution >= 4 is 17.7 Å². The number of fused-ring (bicyclic) bond motifs is 1. The first-order valence-corrected chi connectivity index (χ1v) is 12.0. The van der Waals surface area contributed by atoms with Crippen molar-refractivity contribution in [3.05, 3.63) is 59.9 Å². The van der Waals surface area contributed by atoms with Gasteiger partial charge in [-0.2, -0.15) is 0 Å². The van der Waals surface area contributed by atoms with Crippen molar-refractivity contribution in [3.8, 4) is 17.2 Å². The normalized spacial score (nSPS) is 14.9. The Balaban J connectivity index is 1.25. The van der Waals surface area contributed by atoms with Crippen molar-refractivity contribution in [2.24, 2.45) is 0 Å². The second kappa shape index (κ2) is 9.24. The van der Waals surface area contributed by atoms with Crippen LogP contribution in [0.15, 0.2) is 53.7 Å². The molecule has 1 saturated carbocycles. The monoisotopic (exact) mass is 450 g/mol. The third-order valence-corrected chi connectivity index (χ3v) is 6.42. The highest BCUT2D eigenvalue weighted by molar-refractivity contribution is 7.99. The quantitative estimate of drug-likeness (QED) is 0.482. The Morgan fingerprint density at radius 3 is 2.66 bits per heavy atom. The molecule has 32 heavy (non-hydrogen) atoms. The minimum Gasteiger partial charge on any atom is -0.486 e. The number of hydrogen-bond acceptors (Lipinski definition) is 6. The van der Waals surface area contributed by atoms with Crippen molar-refractivity contribution in [3.63, 3.8) is 0 Å². The van der Waals surface area contributed by atoms with E-state index in [4.69, 9.17) is 19.6 Å². The highest BCUT2D eigenvalue weighted by Gasteiger charge is 2.30. The highest BCUT2D eigenvalue weighted by atomic mass is 32.2. The summed E-state index contributed by atoms with van der Waals surface area (Å²) in [6.45, 7) is 4.28. The van der Waals surface area contributed by atoms with Crippen LogP contribution in [0.2, 0.25) is 0 Å². The van der Waals surface area contributed by atoms with Gasteiger partial charge in [-0.05, 0) is 49.6 Å². The Bertz CT molecular complexity index is 1100. The first kappa shape index (κ1) is 20.9. The van der Waals surface area contributed by atoms with Gasteiger partial charge in [-0.25, -0.2) is 9.67 Å². The van der Waals surface area contributed by atoms with Crippen LogP contribution in [-0.4, -0.2) is 51.1 Å². The molecular weight excluding hydrogens is 424 g/mol. The largest absolute Gasteiger partial charge is 0.486 e. The Kier molecular flexibility index (Phi) is 6.03. The number of rotatable bonds is 8. The maximum Gasteiger partial charge on any atom is 0.233 e. The van der Waals surface area contributed by atoms with Crippen molar-refractivity contribution in [2.75, 3.05) is 25.5 Å². The van der Waals surface area contributed by atoms with Crippen molar-refractivity contribution in [1.82, 2.24) is 19.7 Å². The minimum absolute atomic E-state index is 0.0661. The predicted molar refractivity (Wildman–Crippen MR) is 123 cm³/mol. The van der Waals surface area contributed by atoms with Crippen LogP contribution in [0.1, 0.15) is 37.1 Å². The van der Waals surface area contributed by atoms with Gasteiger partial charge < -0.3 is 14.4 Å². The zero-order valence-electron chi connectivity index (χ0n) is 18.1. The van der Waals surface area contributed by atoms with Gasteiger partial charge in [0.2, 0.25) is 11.1 Å². The summed E-state index contributed by atoms with van der Waals surface area (Å²) in [4.78, 5) is 19.5. The van der Waals surface area contributed by atoms with E-state index in [1.807, 2.05) is 65.0 Å². The van der Waals surface area contributed by atoms with E-state index in [2.05, 4.69) is 0 Å². The molecule has 7 nitrogen and oxygen atoms in total. The third kappa shape index (κ3) is 4.60. The van der Waals surface area contributed by atoms with Crippen LogP contribution in [0.3, 0.4) is 0 Å². The summed E-state index contributed by atoms with van der Waals surface area (Å²) in [7, 11) is 0. The van der Waals surface area contributed by atoms with Gasteiger partial charge >= 0.3 is 0 Å². The van der Waals surface area contributed by atoms with Crippen LogP contribution in [0, 0.1) is 0 Å². The molecule has 0 unspecified atom stereocenters. The summed E-state index contributed by atoms with van der Waals surface area (Å²) in [5.74, 6) is 3.34. The molecule has 0 N–H and O–H groups in total. The number of carbonyl (C=O) groups is 1. The zero-order chi connectivity index (χ0) is 21.9. The average molecular weight is 451 g/mol. The molecule has 0 atom stereocenters. The fourth-order valence-electron chi connectivity index (χ4n) is 3.73. The molecule has 2 aliphatic rings. The summed E-state index contributed by atoms with van der Waals surface area (Å²) in [5, 5.41) is 5.35. The zero-order valence-corrected chi connectivity index (χ0v) is 18.9. The molecule has 2 heterocycles. The lowest BCUT2D eigenvalue weighted by molar-refractivity contribution is -0.128. The summed E-state index contributed by atoms with van der Waals surface area (Å²) >= 11 is 1.40. The van der Waals surface area contributed by atoms with E-state index in [9.17, 15) is 4.79 Å². The molecule has 0 spiro atoms. The standard InChI is InChI=1S/C24H26N4O3S/c1-2-27(15-17-8-11-20-21(14-17)31-13-12-30-20)22(29)16-32-24-25-23(18-9-10-18)28(26-24)19-6-4-3-5-7-19/h3-8,11,14,18H,2,9-10,12-13,15-16H2,1H3. The Morgan fingerprint density at radius 1 is 1.12 bits per heavy atom. The number of aromatic nitrogens is 3. The molecule has 5 rings (SSSR count). The highest BCUT2D eigenvalue weighted by Crippen LogP contribution is 2.40. The number of para-hydroxylation sites is 1. The fraction of sp³-hybridized carbons (Fsp3) is 0.375. The van der Waals surface area contributed by atoms with E-state index >= 15 is 0 Å². The van der Waals surface area contributed by atoms with Crippen LogP contribution in [-0.2, 0) is 11.3 Å². The summed E-state index contributed by atoms with van der Waals surface area (Å²) in [5.41, 5.74) is 2.03. The predicted octanol–water partition coefficient (Wildman–Crippen LogP) is 4.06. The third-order valence-electron chi connectivity index (χ3n) is 5.60. The molecule has 0 radical (unpaired) electrons. The number of carbonyl (C=O) groups excluding carboxylic acids is 1. The number of benzene rings is 2. The first-order chi connectivity index (χ1) is 15.7. The van der Waals surface area contributed by atoms with Gasteiger partial charge in [0, 0.05) is 19.0 Å². The van der Waals surface area contributed by atoms with Crippen LogP contribution >= 0.6 is 11.8 Å². The lowest BCUT2D eigenvalue weighted by atomic mass is 10.2. The lowest BCUT2D eigenvalue weighted by Gasteiger charge is -2.23. The molecule has 1 aliphatic carbocycles. The van der Waals surface area contributed by atoms with Gasteiger partial charge in [-0.3, -0.25) is 4.79 Å². The average Bonchev–Trinajstić information content (AvgIpc) is 3.60. The molecule has 0 bridgehead atoms. The number of ether oxygens (including phenoxy) is 2. The first-order valence-electron chi connectivity index (χ1n) is 11.0. The molecular formula is C24H26N4O3S. The molecule has 166 valence electrons.